The zero-order chi connectivity index (χ0) is 8.27. The smallest absolute Gasteiger partial charge is 0.262 e. The van der Waals surface area contributed by atoms with Gasteiger partial charge in [0.2, 0.25) is 5.91 Å². The minimum atomic E-state index is -0.434. The summed E-state index contributed by atoms with van der Waals surface area (Å²) < 4.78 is 0. The number of alkyl halides is 1. The maximum atomic E-state index is 10.6. The number of carbonyl (C=O) groups excluding carboxylic acids is 2. The van der Waals surface area contributed by atoms with Gasteiger partial charge in [0.1, 0.15) is 5.88 Å². The number of amidine groups is 1. The van der Waals surface area contributed by atoms with Crippen molar-refractivity contribution in [3.8, 4) is 0 Å². The van der Waals surface area contributed by atoms with Gasteiger partial charge < -0.3 is 5.32 Å². The molecule has 1 saturated heterocycles. The molecule has 4 nitrogen and oxygen atoms in total. The first kappa shape index (κ1) is 8.55. The lowest BCUT2D eigenvalue weighted by atomic mass is 10.7. The molecule has 60 valence electrons. The second kappa shape index (κ2) is 3.73. The fourth-order valence-corrected chi connectivity index (χ4v) is 1.28. The Balaban J connectivity index is 2.54. The van der Waals surface area contributed by atoms with Crippen molar-refractivity contribution >= 4 is 40.3 Å². The van der Waals surface area contributed by atoms with Crippen LogP contribution in [0, 0.1) is 0 Å². The molecule has 0 aromatic rings. The van der Waals surface area contributed by atoms with E-state index in [1.807, 2.05) is 0 Å². The number of hydrogen-bond donors (Lipinski definition) is 1. The summed E-state index contributed by atoms with van der Waals surface area (Å²) in [5, 5.41) is 2.76. The van der Waals surface area contributed by atoms with Gasteiger partial charge in [0.25, 0.3) is 5.91 Å². The van der Waals surface area contributed by atoms with Crippen molar-refractivity contribution in [2.24, 2.45) is 4.99 Å². The summed E-state index contributed by atoms with van der Waals surface area (Å²) in [6.07, 6.45) is 0. The number of thioether (sulfide) groups is 1. The molecule has 2 amide bonds. The zero-order valence-electron chi connectivity index (χ0n) is 5.46. The number of amides is 2. The Morgan fingerprint density at radius 1 is 1.82 bits per heavy atom. The molecule has 0 aromatic heterocycles. The first-order valence-electron chi connectivity index (χ1n) is 2.82. The molecule has 1 aliphatic heterocycles. The molecular formula is C5H5ClN2O2S. The number of rotatable bonds is 1. The fraction of sp³-hybridized carbons (Fsp3) is 0.400. The van der Waals surface area contributed by atoms with Gasteiger partial charge in [0.15, 0.2) is 5.17 Å². The number of halogens is 1. The van der Waals surface area contributed by atoms with Crippen LogP contribution in [0.4, 0.5) is 0 Å². The van der Waals surface area contributed by atoms with Crippen LogP contribution < -0.4 is 5.32 Å². The molecule has 0 atom stereocenters. The van der Waals surface area contributed by atoms with E-state index in [9.17, 15) is 9.59 Å². The highest BCUT2D eigenvalue weighted by molar-refractivity contribution is 8.15. The number of nitrogens with one attached hydrogen (secondary N) is 1. The Hall–Kier alpha value is -0.550. The van der Waals surface area contributed by atoms with Crippen molar-refractivity contribution in [2.75, 3.05) is 11.6 Å². The number of hydrogen-bond acceptors (Lipinski definition) is 3. The maximum absolute atomic E-state index is 10.6. The van der Waals surface area contributed by atoms with Gasteiger partial charge >= 0.3 is 0 Å². The molecule has 1 aliphatic rings. The van der Waals surface area contributed by atoms with Crippen LogP contribution in [0.1, 0.15) is 0 Å². The predicted molar refractivity (Wildman–Crippen MR) is 43.8 cm³/mol. The predicted octanol–water partition coefficient (Wildman–Crippen LogP) is -0.0292. The summed E-state index contributed by atoms with van der Waals surface area (Å²) in [4.78, 5) is 24.7. The molecule has 6 heteroatoms. The summed E-state index contributed by atoms with van der Waals surface area (Å²) in [6, 6.07) is 0. The van der Waals surface area contributed by atoms with Gasteiger partial charge in [-0.15, -0.1) is 11.6 Å². The molecule has 0 bridgehead atoms. The van der Waals surface area contributed by atoms with Gasteiger partial charge in [-0.25, -0.2) is 0 Å². The third-order valence-corrected chi connectivity index (χ3v) is 2.03. The largest absolute Gasteiger partial charge is 0.304 e. The Morgan fingerprint density at radius 3 is 3.00 bits per heavy atom. The van der Waals surface area contributed by atoms with Crippen molar-refractivity contribution in [1.29, 1.82) is 0 Å². The van der Waals surface area contributed by atoms with E-state index in [0.717, 1.165) is 0 Å². The van der Waals surface area contributed by atoms with Gasteiger partial charge in [-0.05, 0) is 0 Å². The lowest BCUT2D eigenvalue weighted by Gasteiger charge is -1.90. The van der Waals surface area contributed by atoms with Crippen LogP contribution >= 0.6 is 23.4 Å². The van der Waals surface area contributed by atoms with Crippen LogP contribution in [-0.4, -0.2) is 28.6 Å². The van der Waals surface area contributed by atoms with Gasteiger partial charge in [-0.1, -0.05) is 11.8 Å². The summed E-state index contributed by atoms with van der Waals surface area (Å²) in [6.45, 7) is 0. The summed E-state index contributed by atoms with van der Waals surface area (Å²) in [5.74, 6) is -0.388. The van der Waals surface area contributed by atoms with E-state index in [-0.39, 0.29) is 11.8 Å². The fourth-order valence-electron chi connectivity index (χ4n) is 0.529. The van der Waals surface area contributed by atoms with E-state index in [1.165, 1.54) is 11.8 Å². The number of aliphatic imine (C=N–C) groups is 1. The van der Waals surface area contributed by atoms with Crippen LogP contribution in [-0.2, 0) is 9.59 Å². The molecular weight excluding hydrogens is 188 g/mol. The van der Waals surface area contributed by atoms with Gasteiger partial charge in [0.05, 0.1) is 5.75 Å². The van der Waals surface area contributed by atoms with Crippen molar-refractivity contribution in [2.45, 2.75) is 0 Å². The van der Waals surface area contributed by atoms with Crippen LogP contribution in [0.2, 0.25) is 0 Å². The molecule has 0 unspecified atom stereocenters. The highest BCUT2D eigenvalue weighted by atomic mass is 35.5. The first-order chi connectivity index (χ1) is 5.22. The number of carbonyl (C=O) groups is 2. The molecule has 0 spiro atoms. The lowest BCUT2D eigenvalue weighted by molar-refractivity contribution is -0.116. The molecule has 1 N–H and O–H groups in total. The lowest BCUT2D eigenvalue weighted by Crippen LogP contribution is -2.21. The molecule has 11 heavy (non-hydrogen) atoms. The van der Waals surface area contributed by atoms with E-state index >= 15 is 0 Å². The zero-order valence-corrected chi connectivity index (χ0v) is 7.04. The third-order valence-electron chi connectivity index (χ3n) is 0.927. The van der Waals surface area contributed by atoms with E-state index < -0.39 is 5.91 Å². The topological polar surface area (TPSA) is 58.5 Å². The molecule has 0 radical (unpaired) electrons. The third kappa shape index (κ3) is 2.51. The molecule has 0 aromatic carbocycles. The summed E-state index contributed by atoms with van der Waals surface area (Å²) in [7, 11) is 0. The SMILES string of the molecule is O=C(CCl)N=C1NC(=O)CS1. The highest BCUT2D eigenvalue weighted by Crippen LogP contribution is 2.08. The van der Waals surface area contributed by atoms with E-state index in [4.69, 9.17) is 11.6 Å². The van der Waals surface area contributed by atoms with E-state index in [1.54, 1.807) is 0 Å². The van der Waals surface area contributed by atoms with Crippen LogP contribution in [0.5, 0.6) is 0 Å². The van der Waals surface area contributed by atoms with Crippen molar-refractivity contribution in [3.63, 3.8) is 0 Å². The second-order valence-corrected chi connectivity index (χ2v) is 3.01. The minimum absolute atomic E-state index is 0.129. The molecule has 1 heterocycles. The van der Waals surface area contributed by atoms with Crippen molar-refractivity contribution in [1.82, 2.24) is 5.32 Å². The quantitative estimate of drug-likeness (QED) is 0.594. The Labute approximate surface area is 72.4 Å². The average Bonchev–Trinajstić information content (AvgIpc) is 2.35. The summed E-state index contributed by atoms with van der Waals surface area (Å²) >= 11 is 6.39. The molecule has 1 fully saturated rings. The standard InChI is InChI=1S/C5H5ClN2O2S/c6-1-3(9)7-5-8-4(10)2-11-5/h1-2H2,(H,7,8,9,10). The molecule has 0 saturated carbocycles. The first-order valence-corrected chi connectivity index (χ1v) is 4.34. The molecule has 0 aliphatic carbocycles. The van der Waals surface area contributed by atoms with Crippen LogP contribution in [0.25, 0.3) is 0 Å². The minimum Gasteiger partial charge on any atom is -0.304 e. The highest BCUT2D eigenvalue weighted by Gasteiger charge is 2.16. The van der Waals surface area contributed by atoms with Crippen LogP contribution in [0.15, 0.2) is 4.99 Å². The van der Waals surface area contributed by atoms with Crippen molar-refractivity contribution < 1.29 is 9.59 Å². The summed E-state index contributed by atoms with van der Waals surface area (Å²) in [5.41, 5.74) is 0. The second-order valence-electron chi connectivity index (χ2n) is 1.78. The molecule has 1 rings (SSSR count). The van der Waals surface area contributed by atoms with Gasteiger partial charge in [-0.2, -0.15) is 4.99 Å². The van der Waals surface area contributed by atoms with Gasteiger partial charge in [-0.3, -0.25) is 9.59 Å². The van der Waals surface area contributed by atoms with E-state index in [0.29, 0.717) is 10.9 Å². The monoisotopic (exact) mass is 192 g/mol. The Bertz CT molecular complexity index is 229. The average molecular weight is 193 g/mol. The Morgan fingerprint density at radius 2 is 2.55 bits per heavy atom. The maximum Gasteiger partial charge on any atom is 0.262 e. The Kier molecular flexibility index (Phi) is 2.90. The van der Waals surface area contributed by atoms with Crippen molar-refractivity contribution in [3.05, 3.63) is 0 Å². The van der Waals surface area contributed by atoms with Crippen LogP contribution in [0.3, 0.4) is 0 Å². The van der Waals surface area contributed by atoms with Gasteiger partial charge in [0, 0.05) is 0 Å². The van der Waals surface area contributed by atoms with E-state index in [2.05, 4.69) is 10.3 Å². The normalized spacial score (nSPS) is 20.5. The number of nitrogens with zero attached hydrogens (tertiary/aromatic N) is 1.